The highest BCUT2D eigenvalue weighted by Gasteiger charge is 2.42. The number of likely N-dealkylation sites (tertiary alicyclic amines) is 1. The summed E-state index contributed by atoms with van der Waals surface area (Å²) in [5.41, 5.74) is 1.83. The Labute approximate surface area is 162 Å². The molecule has 0 N–H and O–H groups in total. The Morgan fingerprint density at radius 1 is 1.04 bits per heavy atom. The van der Waals surface area contributed by atoms with Gasteiger partial charge in [0, 0.05) is 38.0 Å². The van der Waals surface area contributed by atoms with Crippen LogP contribution < -0.4 is 4.90 Å². The molecule has 0 bridgehead atoms. The van der Waals surface area contributed by atoms with Gasteiger partial charge in [0.2, 0.25) is 5.91 Å². The molecule has 1 amide bonds. The largest absolute Gasteiger partial charge is 0.367 e. The maximum absolute atomic E-state index is 12.5. The van der Waals surface area contributed by atoms with Crippen LogP contribution in [0.3, 0.4) is 0 Å². The second kappa shape index (κ2) is 7.20. The first kappa shape index (κ1) is 17.1. The number of hydrogen-bond donors (Lipinski definition) is 0. The lowest BCUT2D eigenvalue weighted by atomic mass is 10.0. The smallest absolute Gasteiger partial charge is 0.248 e. The van der Waals surface area contributed by atoms with E-state index in [0.29, 0.717) is 18.4 Å². The van der Waals surface area contributed by atoms with Crippen LogP contribution in [0.15, 0.2) is 48.8 Å². The summed E-state index contributed by atoms with van der Waals surface area (Å²) < 4.78 is 7.31. The van der Waals surface area contributed by atoms with Crippen LogP contribution in [0.1, 0.15) is 5.56 Å². The first-order valence-corrected chi connectivity index (χ1v) is 9.58. The highest BCUT2D eigenvalue weighted by atomic mass is 16.5. The van der Waals surface area contributed by atoms with E-state index < -0.39 is 0 Å². The van der Waals surface area contributed by atoms with Gasteiger partial charge in [0.25, 0.3) is 0 Å². The monoisotopic (exact) mass is 378 g/mol. The summed E-state index contributed by atoms with van der Waals surface area (Å²) in [6.07, 6.45) is 1.62. The maximum atomic E-state index is 12.5. The number of carbonyl (C=O) groups is 1. The number of amides is 1. The number of aromatic nitrogens is 4. The molecule has 4 heterocycles. The Hall–Kier alpha value is -3.00. The Morgan fingerprint density at radius 2 is 1.82 bits per heavy atom. The Kier molecular flexibility index (Phi) is 4.40. The molecular formula is C20H22N6O2. The molecule has 2 fully saturated rings. The number of anilines is 1. The first-order valence-electron chi connectivity index (χ1n) is 9.58. The van der Waals surface area contributed by atoms with Gasteiger partial charge in [0.05, 0.1) is 6.61 Å². The number of nitrogens with zero attached hydrogens (tertiary/aromatic N) is 6. The maximum Gasteiger partial charge on any atom is 0.248 e. The lowest BCUT2D eigenvalue weighted by Gasteiger charge is -2.22. The second-order valence-corrected chi connectivity index (χ2v) is 7.53. The zero-order valence-electron chi connectivity index (χ0n) is 15.5. The third-order valence-electron chi connectivity index (χ3n) is 5.65. The minimum absolute atomic E-state index is 0.0842. The highest BCUT2D eigenvalue weighted by Crippen LogP contribution is 2.33. The molecule has 2 aliphatic rings. The van der Waals surface area contributed by atoms with Gasteiger partial charge in [0.15, 0.2) is 5.65 Å². The average Bonchev–Trinajstić information content (AvgIpc) is 3.42. The summed E-state index contributed by atoms with van der Waals surface area (Å²) in [5.74, 6) is 1.99. The Morgan fingerprint density at radius 3 is 2.61 bits per heavy atom. The molecule has 2 unspecified atom stereocenters. The second-order valence-electron chi connectivity index (χ2n) is 7.53. The normalized spacial score (nSPS) is 21.4. The van der Waals surface area contributed by atoms with Crippen LogP contribution >= 0.6 is 0 Å². The summed E-state index contributed by atoms with van der Waals surface area (Å²) in [4.78, 5) is 16.7. The van der Waals surface area contributed by atoms with Crippen LogP contribution in [-0.4, -0.2) is 63.4 Å². The van der Waals surface area contributed by atoms with Crippen molar-refractivity contribution in [1.82, 2.24) is 24.7 Å². The minimum atomic E-state index is 0.0842. The van der Waals surface area contributed by atoms with E-state index in [4.69, 9.17) is 4.74 Å². The van der Waals surface area contributed by atoms with E-state index in [9.17, 15) is 4.79 Å². The van der Waals surface area contributed by atoms with Crippen molar-refractivity contribution in [3.05, 3.63) is 54.4 Å². The summed E-state index contributed by atoms with van der Waals surface area (Å²) in [7, 11) is 0. The molecule has 0 radical (unpaired) electrons. The van der Waals surface area contributed by atoms with Gasteiger partial charge in [-0.2, -0.15) is 4.52 Å². The lowest BCUT2D eigenvalue weighted by Crippen LogP contribution is -2.35. The van der Waals surface area contributed by atoms with E-state index >= 15 is 0 Å². The van der Waals surface area contributed by atoms with Gasteiger partial charge in [-0.1, -0.05) is 30.3 Å². The molecule has 8 nitrogen and oxygen atoms in total. The molecule has 28 heavy (non-hydrogen) atoms. The molecule has 8 heteroatoms. The van der Waals surface area contributed by atoms with E-state index in [0.717, 1.165) is 43.2 Å². The predicted octanol–water partition coefficient (Wildman–Crippen LogP) is 1.24. The standard InChI is InChI=1S/C20H22N6O2/c27-20(13-28-12-15-4-2-1-3-5-15)25-10-16-8-24(9-17(16)11-25)19-7-6-18-22-21-14-26(18)23-19/h1-7,14,16-17H,8-13H2. The van der Waals surface area contributed by atoms with E-state index in [-0.39, 0.29) is 12.5 Å². The van der Waals surface area contributed by atoms with Crippen molar-refractivity contribution in [3.63, 3.8) is 0 Å². The fraction of sp³-hybridized carbons (Fsp3) is 0.400. The molecule has 0 spiro atoms. The summed E-state index contributed by atoms with van der Waals surface area (Å²) in [6.45, 7) is 4.04. The summed E-state index contributed by atoms with van der Waals surface area (Å²) in [5, 5.41) is 12.5. The molecule has 0 aliphatic carbocycles. The van der Waals surface area contributed by atoms with Crippen molar-refractivity contribution >= 4 is 17.4 Å². The molecule has 2 aromatic heterocycles. The molecule has 5 rings (SSSR count). The van der Waals surface area contributed by atoms with Crippen molar-refractivity contribution < 1.29 is 9.53 Å². The van der Waals surface area contributed by atoms with Gasteiger partial charge in [-0.05, 0) is 17.7 Å². The number of ether oxygens (including phenoxy) is 1. The SMILES string of the molecule is O=C(COCc1ccccc1)N1CC2CN(c3ccc4nncn4n3)CC2C1. The van der Waals surface area contributed by atoms with Gasteiger partial charge >= 0.3 is 0 Å². The zero-order chi connectivity index (χ0) is 18.9. The van der Waals surface area contributed by atoms with Crippen molar-refractivity contribution in [2.45, 2.75) is 6.61 Å². The van der Waals surface area contributed by atoms with Crippen LogP contribution in [0, 0.1) is 11.8 Å². The molecule has 2 saturated heterocycles. The number of hydrogen-bond acceptors (Lipinski definition) is 6. The number of benzene rings is 1. The molecule has 1 aromatic carbocycles. The molecule has 2 atom stereocenters. The average molecular weight is 378 g/mol. The van der Waals surface area contributed by atoms with Gasteiger partial charge in [0.1, 0.15) is 18.8 Å². The van der Waals surface area contributed by atoms with Crippen molar-refractivity contribution in [1.29, 1.82) is 0 Å². The van der Waals surface area contributed by atoms with Crippen molar-refractivity contribution in [3.8, 4) is 0 Å². The van der Waals surface area contributed by atoms with Gasteiger partial charge in [-0.3, -0.25) is 4.79 Å². The van der Waals surface area contributed by atoms with Gasteiger partial charge in [-0.25, -0.2) is 0 Å². The topological polar surface area (TPSA) is 75.9 Å². The van der Waals surface area contributed by atoms with Gasteiger partial charge in [-0.15, -0.1) is 15.3 Å². The Bertz CT molecular complexity index is 961. The molecule has 3 aromatic rings. The third-order valence-corrected chi connectivity index (χ3v) is 5.65. The van der Waals surface area contributed by atoms with E-state index in [2.05, 4.69) is 20.2 Å². The minimum Gasteiger partial charge on any atom is -0.367 e. The first-order chi connectivity index (χ1) is 13.8. The fourth-order valence-corrected chi connectivity index (χ4v) is 4.19. The van der Waals surface area contributed by atoms with Gasteiger partial charge < -0.3 is 14.5 Å². The fourth-order valence-electron chi connectivity index (χ4n) is 4.19. The van der Waals surface area contributed by atoms with Crippen LogP contribution in [-0.2, 0) is 16.1 Å². The molecule has 2 aliphatic heterocycles. The number of carbonyl (C=O) groups excluding carboxylic acids is 1. The van der Waals surface area contributed by atoms with E-state index in [1.165, 1.54) is 0 Å². The third kappa shape index (κ3) is 3.31. The van der Waals surface area contributed by atoms with Crippen LogP contribution in [0.4, 0.5) is 5.82 Å². The van der Waals surface area contributed by atoms with Crippen molar-refractivity contribution in [2.24, 2.45) is 11.8 Å². The van der Waals surface area contributed by atoms with Crippen LogP contribution in [0.25, 0.3) is 5.65 Å². The van der Waals surface area contributed by atoms with E-state index in [1.807, 2.05) is 47.4 Å². The van der Waals surface area contributed by atoms with Crippen LogP contribution in [0.2, 0.25) is 0 Å². The van der Waals surface area contributed by atoms with Crippen molar-refractivity contribution in [2.75, 3.05) is 37.7 Å². The highest BCUT2D eigenvalue weighted by molar-refractivity contribution is 5.77. The van der Waals surface area contributed by atoms with Crippen LogP contribution in [0.5, 0.6) is 0 Å². The van der Waals surface area contributed by atoms with E-state index in [1.54, 1.807) is 10.8 Å². The summed E-state index contributed by atoms with van der Waals surface area (Å²) in [6, 6.07) is 13.9. The number of rotatable bonds is 5. The number of fused-ring (bicyclic) bond motifs is 2. The molecule has 0 saturated carbocycles. The zero-order valence-corrected chi connectivity index (χ0v) is 15.5. The molecule has 144 valence electrons. The molecular weight excluding hydrogens is 356 g/mol. The lowest BCUT2D eigenvalue weighted by molar-refractivity contribution is -0.135. The summed E-state index contributed by atoms with van der Waals surface area (Å²) >= 11 is 0. The quantitative estimate of drug-likeness (QED) is 0.665. The Balaban J connectivity index is 1.14. The predicted molar refractivity (Wildman–Crippen MR) is 103 cm³/mol.